The van der Waals surface area contributed by atoms with Crippen LogP contribution in [0.25, 0.3) is 0 Å². The Labute approximate surface area is 177 Å². The zero-order valence-electron chi connectivity index (χ0n) is 16.8. The molecule has 0 spiro atoms. The molecule has 2 aliphatic rings. The molecule has 2 aromatic rings. The maximum absolute atomic E-state index is 12.6. The summed E-state index contributed by atoms with van der Waals surface area (Å²) in [6.45, 7) is 1.17. The van der Waals surface area contributed by atoms with Gasteiger partial charge in [0.25, 0.3) is 0 Å². The highest BCUT2D eigenvalue weighted by molar-refractivity contribution is 7.89. The number of nitrogens with zero attached hydrogens (tertiary/aromatic N) is 2. The van der Waals surface area contributed by atoms with Gasteiger partial charge in [0.1, 0.15) is 0 Å². The van der Waals surface area contributed by atoms with Crippen LogP contribution in [-0.2, 0) is 26.7 Å². The Morgan fingerprint density at radius 3 is 2.23 bits per heavy atom. The molecule has 6 nitrogen and oxygen atoms in total. The second-order valence-corrected chi connectivity index (χ2v) is 10.0. The molecule has 0 atom stereocenters. The predicted octanol–water partition coefficient (Wildman–Crippen LogP) is 3.60. The second-order valence-electron chi connectivity index (χ2n) is 8.07. The summed E-state index contributed by atoms with van der Waals surface area (Å²) in [5, 5.41) is 12.1. The van der Waals surface area contributed by atoms with Gasteiger partial charge in [0, 0.05) is 25.2 Å². The lowest BCUT2D eigenvalue weighted by Crippen LogP contribution is -2.27. The Kier molecular flexibility index (Phi) is 5.63. The number of carbonyl (C=O) groups excluding carboxylic acids is 1. The van der Waals surface area contributed by atoms with Crippen LogP contribution < -0.4 is 5.32 Å². The monoisotopic (exact) mass is 423 g/mol. The summed E-state index contributed by atoms with van der Waals surface area (Å²) in [6, 6.07) is 16.7. The molecule has 1 heterocycles. The summed E-state index contributed by atoms with van der Waals surface area (Å²) in [4.78, 5) is 12.6. The minimum Gasteiger partial charge on any atom is -0.326 e. The normalized spacial score (nSPS) is 18.0. The molecular formula is C23H25N3O3S. The van der Waals surface area contributed by atoms with Gasteiger partial charge in [-0.05, 0) is 67.5 Å². The topological polar surface area (TPSA) is 90.3 Å². The summed E-state index contributed by atoms with van der Waals surface area (Å²) < 4.78 is 26.7. The number of amides is 1. The van der Waals surface area contributed by atoms with Gasteiger partial charge in [0.05, 0.1) is 16.4 Å². The molecule has 1 N–H and O–H groups in total. The Bertz CT molecular complexity index is 1060. The maximum Gasteiger partial charge on any atom is 0.243 e. The molecule has 4 rings (SSSR count). The second kappa shape index (κ2) is 8.21. The number of rotatable bonds is 7. The average Bonchev–Trinajstić information content (AvgIpc) is 3.35. The van der Waals surface area contributed by atoms with Gasteiger partial charge >= 0.3 is 0 Å². The Balaban J connectivity index is 1.30. The van der Waals surface area contributed by atoms with Crippen LogP contribution in [0.5, 0.6) is 0 Å². The molecule has 0 unspecified atom stereocenters. The van der Waals surface area contributed by atoms with Crippen molar-refractivity contribution in [2.45, 2.75) is 48.8 Å². The molecule has 156 valence electrons. The van der Waals surface area contributed by atoms with Crippen LogP contribution >= 0.6 is 0 Å². The van der Waals surface area contributed by atoms with E-state index in [1.165, 1.54) is 4.31 Å². The van der Waals surface area contributed by atoms with E-state index in [1.807, 2.05) is 24.3 Å². The van der Waals surface area contributed by atoms with Crippen LogP contribution in [0, 0.1) is 11.3 Å². The standard InChI is InChI=1S/C23H25N3O3S/c24-17-23(13-14-23)19-6-8-20(9-7-19)25-22(27)12-5-18-3-10-21(11-4-18)30(28,29)26-15-1-2-16-26/h3-4,6-11H,1-2,5,12-16H2,(H,25,27). The number of nitrogens with one attached hydrogen (secondary N) is 1. The lowest BCUT2D eigenvalue weighted by Gasteiger charge is -2.15. The molecule has 0 bridgehead atoms. The number of benzene rings is 2. The number of nitriles is 1. The smallest absolute Gasteiger partial charge is 0.243 e. The average molecular weight is 424 g/mol. The van der Waals surface area contributed by atoms with E-state index in [-0.39, 0.29) is 11.3 Å². The van der Waals surface area contributed by atoms with Gasteiger partial charge in [-0.25, -0.2) is 8.42 Å². The van der Waals surface area contributed by atoms with Gasteiger partial charge in [0.2, 0.25) is 15.9 Å². The summed E-state index contributed by atoms with van der Waals surface area (Å²) >= 11 is 0. The number of anilines is 1. The van der Waals surface area contributed by atoms with Gasteiger partial charge in [-0.2, -0.15) is 9.57 Å². The first-order valence-electron chi connectivity index (χ1n) is 10.3. The van der Waals surface area contributed by atoms with E-state index < -0.39 is 10.0 Å². The first-order chi connectivity index (χ1) is 14.4. The van der Waals surface area contributed by atoms with E-state index in [0.717, 1.165) is 36.8 Å². The molecule has 2 aromatic carbocycles. The van der Waals surface area contributed by atoms with Crippen molar-refractivity contribution in [3.63, 3.8) is 0 Å². The van der Waals surface area contributed by atoms with Crippen molar-refractivity contribution in [2.75, 3.05) is 18.4 Å². The van der Waals surface area contributed by atoms with Crippen molar-refractivity contribution in [3.05, 3.63) is 59.7 Å². The fourth-order valence-corrected chi connectivity index (χ4v) is 5.37. The number of aryl methyl sites for hydroxylation is 1. The van der Waals surface area contributed by atoms with E-state index in [2.05, 4.69) is 11.4 Å². The highest BCUT2D eigenvalue weighted by Crippen LogP contribution is 2.47. The molecular weight excluding hydrogens is 398 g/mol. The third-order valence-corrected chi connectivity index (χ3v) is 7.87. The molecule has 0 aromatic heterocycles. The summed E-state index contributed by atoms with van der Waals surface area (Å²) in [7, 11) is -3.41. The lowest BCUT2D eigenvalue weighted by molar-refractivity contribution is -0.116. The third kappa shape index (κ3) is 4.25. The number of hydrogen-bond acceptors (Lipinski definition) is 4. The van der Waals surface area contributed by atoms with E-state index in [1.54, 1.807) is 24.3 Å². The fourth-order valence-electron chi connectivity index (χ4n) is 3.85. The van der Waals surface area contributed by atoms with Crippen LogP contribution in [0.2, 0.25) is 0 Å². The van der Waals surface area contributed by atoms with E-state index in [9.17, 15) is 18.5 Å². The summed E-state index contributed by atoms with van der Waals surface area (Å²) in [5.74, 6) is -0.0991. The van der Waals surface area contributed by atoms with Gasteiger partial charge in [-0.15, -0.1) is 0 Å². The molecule has 30 heavy (non-hydrogen) atoms. The van der Waals surface area contributed by atoms with Crippen molar-refractivity contribution in [2.24, 2.45) is 0 Å². The van der Waals surface area contributed by atoms with E-state index in [4.69, 9.17) is 0 Å². The Morgan fingerprint density at radius 2 is 1.67 bits per heavy atom. The van der Waals surface area contributed by atoms with Crippen molar-refractivity contribution in [1.82, 2.24) is 4.31 Å². The predicted molar refractivity (Wildman–Crippen MR) is 114 cm³/mol. The molecule has 1 aliphatic carbocycles. The van der Waals surface area contributed by atoms with Crippen LogP contribution in [0.1, 0.15) is 43.2 Å². The van der Waals surface area contributed by atoms with Crippen molar-refractivity contribution < 1.29 is 13.2 Å². The van der Waals surface area contributed by atoms with Gasteiger partial charge in [-0.1, -0.05) is 24.3 Å². The molecule has 0 radical (unpaired) electrons. The van der Waals surface area contributed by atoms with Gasteiger partial charge in [-0.3, -0.25) is 4.79 Å². The van der Waals surface area contributed by atoms with Gasteiger partial charge < -0.3 is 5.32 Å². The molecule has 1 amide bonds. The number of carbonyl (C=O) groups is 1. The molecule has 1 saturated carbocycles. The van der Waals surface area contributed by atoms with Crippen molar-refractivity contribution in [3.8, 4) is 6.07 Å². The minimum absolute atomic E-state index is 0.0991. The molecule has 1 saturated heterocycles. The van der Waals surface area contributed by atoms with Gasteiger partial charge in [0.15, 0.2) is 0 Å². The van der Waals surface area contributed by atoms with Crippen molar-refractivity contribution in [1.29, 1.82) is 5.26 Å². The highest BCUT2D eigenvalue weighted by atomic mass is 32.2. The SMILES string of the molecule is N#CC1(c2ccc(NC(=O)CCc3ccc(S(=O)(=O)N4CCCC4)cc3)cc2)CC1. The summed E-state index contributed by atoms with van der Waals surface area (Å²) in [5.41, 5.74) is 2.32. The first kappa shape index (κ1) is 20.6. The molecule has 2 fully saturated rings. The third-order valence-electron chi connectivity index (χ3n) is 5.95. The first-order valence-corrected chi connectivity index (χ1v) is 11.8. The maximum atomic E-state index is 12.6. The van der Waals surface area contributed by atoms with Crippen LogP contribution in [-0.4, -0.2) is 31.7 Å². The molecule has 7 heteroatoms. The quantitative estimate of drug-likeness (QED) is 0.737. The van der Waals surface area contributed by atoms with E-state index in [0.29, 0.717) is 36.5 Å². The molecule has 1 aliphatic heterocycles. The van der Waals surface area contributed by atoms with Crippen molar-refractivity contribution >= 4 is 21.6 Å². The Morgan fingerprint density at radius 1 is 1.03 bits per heavy atom. The van der Waals surface area contributed by atoms with Crippen LogP contribution in [0.15, 0.2) is 53.4 Å². The lowest BCUT2D eigenvalue weighted by atomic mass is 9.98. The fraction of sp³-hybridized carbons (Fsp3) is 0.391. The number of sulfonamides is 1. The van der Waals surface area contributed by atoms with Crippen LogP contribution in [0.4, 0.5) is 5.69 Å². The summed E-state index contributed by atoms with van der Waals surface area (Å²) in [6.07, 6.45) is 4.46. The zero-order valence-corrected chi connectivity index (χ0v) is 17.6. The minimum atomic E-state index is -3.41. The number of hydrogen-bond donors (Lipinski definition) is 1. The Hall–Kier alpha value is -2.69. The zero-order chi connectivity index (χ0) is 21.2. The highest BCUT2D eigenvalue weighted by Gasteiger charge is 2.44. The van der Waals surface area contributed by atoms with Crippen LogP contribution in [0.3, 0.4) is 0 Å². The van der Waals surface area contributed by atoms with E-state index >= 15 is 0 Å². The largest absolute Gasteiger partial charge is 0.326 e.